The predicted molar refractivity (Wildman–Crippen MR) is 73.5 cm³/mol. The standard InChI is InChI=1S/C15H19F3N2O/c16-15(17,18)11-20(10-12-4-2-1-3-5-12)14(21)8-13-6-7-19-9-13/h1-5,13,19H,6-11H2/t13-/m0/s1. The predicted octanol–water partition coefficient (Wildman–Crippen LogP) is 2.58. The maximum atomic E-state index is 12.7. The molecule has 0 bridgehead atoms. The van der Waals surface area contributed by atoms with E-state index in [-0.39, 0.29) is 18.9 Å². The van der Waals surface area contributed by atoms with Crippen LogP contribution in [0.4, 0.5) is 13.2 Å². The third-order valence-corrected chi connectivity index (χ3v) is 3.56. The molecule has 1 heterocycles. The molecule has 0 unspecified atom stereocenters. The number of hydrogen-bond acceptors (Lipinski definition) is 2. The summed E-state index contributed by atoms with van der Waals surface area (Å²) in [5.41, 5.74) is 0.708. The van der Waals surface area contributed by atoms with E-state index in [0.717, 1.165) is 17.9 Å². The second-order valence-electron chi connectivity index (χ2n) is 5.41. The van der Waals surface area contributed by atoms with Gasteiger partial charge < -0.3 is 10.2 Å². The van der Waals surface area contributed by atoms with Crippen LogP contribution in [0.25, 0.3) is 0 Å². The lowest BCUT2D eigenvalue weighted by Gasteiger charge is -2.25. The zero-order valence-corrected chi connectivity index (χ0v) is 11.7. The van der Waals surface area contributed by atoms with Gasteiger partial charge in [0.15, 0.2) is 0 Å². The lowest BCUT2D eigenvalue weighted by atomic mass is 10.0. The summed E-state index contributed by atoms with van der Waals surface area (Å²) in [5.74, 6) is -0.283. The molecule has 3 nitrogen and oxygen atoms in total. The van der Waals surface area contributed by atoms with E-state index in [9.17, 15) is 18.0 Å². The third kappa shape index (κ3) is 5.38. The number of rotatable bonds is 5. The molecule has 1 fully saturated rings. The van der Waals surface area contributed by atoms with Crippen molar-refractivity contribution in [2.75, 3.05) is 19.6 Å². The van der Waals surface area contributed by atoms with Crippen molar-refractivity contribution in [1.29, 1.82) is 0 Å². The molecule has 0 aromatic heterocycles. The van der Waals surface area contributed by atoms with Crippen LogP contribution in [-0.4, -0.2) is 36.6 Å². The Bertz CT molecular complexity index is 456. The Morgan fingerprint density at radius 2 is 2.00 bits per heavy atom. The number of alkyl halides is 3. The van der Waals surface area contributed by atoms with Gasteiger partial charge in [-0.2, -0.15) is 13.2 Å². The summed E-state index contributed by atoms with van der Waals surface area (Å²) in [6.07, 6.45) is -3.36. The summed E-state index contributed by atoms with van der Waals surface area (Å²) in [6.45, 7) is 0.340. The second kappa shape index (κ2) is 6.93. The molecule has 1 aromatic carbocycles. The molecule has 0 aliphatic carbocycles. The van der Waals surface area contributed by atoms with Crippen molar-refractivity contribution < 1.29 is 18.0 Å². The van der Waals surface area contributed by atoms with Crippen molar-refractivity contribution in [3.05, 3.63) is 35.9 Å². The smallest absolute Gasteiger partial charge is 0.329 e. The highest BCUT2D eigenvalue weighted by molar-refractivity contribution is 5.76. The highest BCUT2D eigenvalue weighted by atomic mass is 19.4. The average molecular weight is 300 g/mol. The van der Waals surface area contributed by atoms with Gasteiger partial charge in [-0.1, -0.05) is 30.3 Å². The number of halogens is 3. The fourth-order valence-electron chi connectivity index (χ4n) is 2.52. The number of carbonyl (C=O) groups is 1. The Balaban J connectivity index is 2.01. The summed E-state index contributed by atoms with van der Waals surface area (Å²) < 4.78 is 38.0. The van der Waals surface area contributed by atoms with Crippen LogP contribution < -0.4 is 5.32 Å². The monoisotopic (exact) mass is 300 g/mol. The first kappa shape index (κ1) is 15.8. The van der Waals surface area contributed by atoms with Crippen molar-refractivity contribution in [3.8, 4) is 0 Å². The van der Waals surface area contributed by atoms with Crippen LogP contribution in [-0.2, 0) is 11.3 Å². The quantitative estimate of drug-likeness (QED) is 0.906. The van der Waals surface area contributed by atoms with Gasteiger partial charge in [-0.25, -0.2) is 0 Å². The Morgan fingerprint density at radius 1 is 1.29 bits per heavy atom. The van der Waals surface area contributed by atoms with Crippen LogP contribution in [0.15, 0.2) is 30.3 Å². The van der Waals surface area contributed by atoms with Gasteiger partial charge in [-0.3, -0.25) is 4.79 Å². The fraction of sp³-hybridized carbons (Fsp3) is 0.533. The highest BCUT2D eigenvalue weighted by Gasteiger charge is 2.33. The summed E-state index contributed by atoms with van der Waals surface area (Å²) in [7, 11) is 0. The van der Waals surface area contributed by atoms with Crippen molar-refractivity contribution in [3.63, 3.8) is 0 Å². The molecule has 1 atom stereocenters. The van der Waals surface area contributed by atoms with Crippen LogP contribution in [0.3, 0.4) is 0 Å². The first-order chi connectivity index (χ1) is 9.94. The Morgan fingerprint density at radius 3 is 2.57 bits per heavy atom. The van der Waals surface area contributed by atoms with Gasteiger partial charge in [0.25, 0.3) is 0 Å². The minimum absolute atomic E-state index is 0.000663. The van der Waals surface area contributed by atoms with Gasteiger partial charge >= 0.3 is 6.18 Å². The van der Waals surface area contributed by atoms with Crippen molar-refractivity contribution in [1.82, 2.24) is 10.2 Å². The van der Waals surface area contributed by atoms with Crippen LogP contribution in [0.2, 0.25) is 0 Å². The fourth-order valence-corrected chi connectivity index (χ4v) is 2.52. The number of carbonyl (C=O) groups excluding carboxylic acids is 1. The average Bonchev–Trinajstić information content (AvgIpc) is 2.90. The first-order valence-corrected chi connectivity index (χ1v) is 7.03. The number of nitrogens with one attached hydrogen (secondary N) is 1. The number of nitrogens with zero attached hydrogens (tertiary/aromatic N) is 1. The van der Waals surface area contributed by atoms with Crippen LogP contribution in [0.5, 0.6) is 0 Å². The largest absolute Gasteiger partial charge is 0.406 e. The summed E-state index contributed by atoms with van der Waals surface area (Å²) in [5, 5.41) is 3.12. The van der Waals surface area contributed by atoms with Crippen molar-refractivity contribution in [2.45, 2.75) is 25.6 Å². The normalized spacial score (nSPS) is 18.7. The van der Waals surface area contributed by atoms with E-state index in [4.69, 9.17) is 0 Å². The highest BCUT2D eigenvalue weighted by Crippen LogP contribution is 2.21. The van der Waals surface area contributed by atoms with Crippen molar-refractivity contribution in [2.24, 2.45) is 5.92 Å². The molecule has 6 heteroatoms. The summed E-state index contributed by atoms with van der Waals surface area (Å²) in [4.78, 5) is 13.1. The number of amides is 1. The van der Waals surface area contributed by atoms with Gasteiger partial charge in [0, 0.05) is 13.0 Å². The maximum absolute atomic E-state index is 12.7. The first-order valence-electron chi connectivity index (χ1n) is 7.03. The zero-order valence-electron chi connectivity index (χ0n) is 11.7. The minimum Gasteiger partial charge on any atom is -0.329 e. The van der Waals surface area contributed by atoms with Crippen LogP contribution in [0, 0.1) is 5.92 Å². The van der Waals surface area contributed by atoms with E-state index in [1.54, 1.807) is 30.3 Å². The third-order valence-electron chi connectivity index (χ3n) is 3.56. The topological polar surface area (TPSA) is 32.3 Å². The molecule has 1 N–H and O–H groups in total. The lowest BCUT2D eigenvalue weighted by Crippen LogP contribution is -2.39. The molecular weight excluding hydrogens is 281 g/mol. The molecule has 1 saturated heterocycles. The van der Waals surface area contributed by atoms with Gasteiger partial charge in [-0.15, -0.1) is 0 Å². The van der Waals surface area contributed by atoms with E-state index in [0.29, 0.717) is 12.1 Å². The van der Waals surface area contributed by atoms with Gasteiger partial charge in [0.1, 0.15) is 6.54 Å². The number of hydrogen-bond donors (Lipinski definition) is 1. The van der Waals surface area contributed by atoms with Crippen LogP contribution in [0.1, 0.15) is 18.4 Å². The maximum Gasteiger partial charge on any atom is 0.406 e. The Kier molecular flexibility index (Phi) is 5.22. The zero-order chi connectivity index (χ0) is 15.3. The second-order valence-corrected chi connectivity index (χ2v) is 5.41. The van der Waals surface area contributed by atoms with Gasteiger partial charge in [0.05, 0.1) is 0 Å². The molecule has 0 spiro atoms. The molecule has 116 valence electrons. The molecule has 1 aromatic rings. The summed E-state index contributed by atoms with van der Waals surface area (Å²) in [6, 6.07) is 8.77. The molecule has 1 aliphatic rings. The summed E-state index contributed by atoms with van der Waals surface area (Å²) >= 11 is 0. The molecule has 0 radical (unpaired) electrons. The molecule has 21 heavy (non-hydrogen) atoms. The molecule has 2 rings (SSSR count). The van der Waals surface area contributed by atoms with E-state index in [2.05, 4.69) is 5.32 Å². The molecule has 1 aliphatic heterocycles. The SMILES string of the molecule is O=C(C[C@@H]1CCNC1)N(Cc1ccccc1)CC(F)(F)F. The van der Waals surface area contributed by atoms with Gasteiger partial charge in [-0.05, 0) is 31.0 Å². The van der Waals surface area contributed by atoms with Crippen LogP contribution >= 0.6 is 0 Å². The van der Waals surface area contributed by atoms with Crippen molar-refractivity contribution >= 4 is 5.91 Å². The van der Waals surface area contributed by atoms with E-state index >= 15 is 0 Å². The Labute approximate surface area is 122 Å². The van der Waals surface area contributed by atoms with E-state index in [1.165, 1.54) is 0 Å². The molecular formula is C15H19F3N2O. The Hall–Kier alpha value is -1.56. The lowest BCUT2D eigenvalue weighted by molar-refractivity contribution is -0.162. The van der Waals surface area contributed by atoms with Gasteiger partial charge in [0.2, 0.25) is 5.91 Å². The molecule has 1 amide bonds. The number of benzene rings is 1. The minimum atomic E-state index is -4.38. The van der Waals surface area contributed by atoms with E-state index in [1.807, 2.05) is 0 Å². The molecule has 0 saturated carbocycles. The van der Waals surface area contributed by atoms with E-state index < -0.39 is 18.6 Å².